The van der Waals surface area contributed by atoms with E-state index in [1.807, 2.05) is 0 Å². The molecule has 0 saturated carbocycles. The van der Waals surface area contributed by atoms with Gasteiger partial charge in [-0.25, -0.2) is 4.39 Å². The van der Waals surface area contributed by atoms with Crippen LogP contribution in [0.4, 0.5) is 23.2 Å². The second-order valence-corrected chi connectivity index (χ2v) is 7.52. The monoisotopic (exact) mass is 504 g/mol. The first-order valence-corrected chi connectivity index (χ1v) is 10.3. The summed E-state index contributed by atoms with van der Waals surface area (Å²) in [6, 6.07) is 14.6. The predicted octanol–water partition coefficient (Wildman–Crippen LogP) is 6.63. The van der Waals surface area contributed by atoms with Crippen molar-refractivity contribution in [2.24, 2.45) is 0 Å². The third-order valence-corrected chi connectivity index (χ3v) is 4.99. The molecular weight excluding hydrogens is 488 g/mol. The lowest BCUT2D eigenvalue weighted by Crippen LogP contribution is -2.17. The van der Waals surface area contributed by atoms with E-state index in [9.17, 15) is 27.6 Å². The van der Waals surface area contributed by atoms with Crippen LogP contribution in [-0.4, -0.2) is 13.0 Å². The molecule has 0 aliphatic rings. The highest BCUT2D eigenvalue weighted by atomic mass is 35.5. The molecule has 0 aliphatic heterocycles. The van der Waals surface area contributed by atoms with Crippen LogP contribution in [0.1, 0.15) is 16.7 Å². The number of para-hydroxylation sites is 1. The first-order chi connectivity index (χ1) is 16.6. The van der Waals surface area contributed by atoms with Crippen LogP contribution >= 0.6 is 11.6 Å². The lowest BCUT2D eigenvalue weighted by molar-refractivity contribution is -0.137. The van der Waals surface area contributed by atoms with E-state index in [0.29, 0.717) is 5.56 Å². The number of halogens is 5. The van der Waals surface area contributed by atoms with E-state index in [1.165, 1.54) is 43.5 Å². The molecule has 3 aromatic carbocycles. The Morgan fingerprint density at radius 1 is 1.14 bits per heavy atom. The number of nitrogens with zero attached hydrogens (tertiary/aromatic N) is 1. The average Bonchev–Trinajstić information content (AvgIpc) is 2.82. The SMILES string of the molecule is COc1cc(C=C(C#N)C(=O)Nc2ccccc2C(F)(F)F)cc(Cl)c1OCc1ccc(F)cc1. The van der Waals surface area contributed by atoms with Gasteiger partial charge in [-0.3, -0.25) is 4.79 Å². The zero-order valence-corrected chi connectivity index (χ0v) is 18.9. The molecule has 1 amide bonds. The molecule has 0 aromatic heterocycles. The van der Waals surface area contributed by atoms with Gasteiger partial charge in [-0.05, 0) is 53.6 Å². The van der Waals surface area contributed by atoms with Crippen molar-refractivity contribution in [2.45, 2.75) is 12.8 Å². The fourth-order valence-corrected chi connectivity index (χ4v) is 3.32. The van der Waals surface area contributed by atoms with Crippen molar-refractivity contribution in [3.05, 3.63) is 93.8 Å². The van der Waals surface area contributed by atoms with Crippen molar-refractivity contribution in [1.29, 1.82) is 5.26 Å². The van der Waals surface area contributed by atoms with Crippen LogP contribution in [0.3, 0.4) is 0 Å². The summed E-state index contributed by atoms with van der Waals surface area (Å²) in [5.74, 6) is -1.06. The maximum absolute atomic E-state index is 13.2. The Balaban J connectivity index is 1.84. The van der Waals surface area contributed by atoms with Crippen LogP contribution in [-0.2, 0) is 17.6 Å². The Bertz CT molecular complexity index is 1300. The molecule has 0 fully saturated rings. The highest BCUT2D eigenvalue weighted by Gasteiger charge is 2.33. The first kappa shape index (κ1) is 25.6. The van der Waals surface area contributed by atoms with Gasteiger partial charge >= 0.3 is 6.18 Å². The van der Waals surface area contributed by atoms with Gasteiger partial charge in [0.05, 0.1) is 23.4 Å². The number of alkyl halides is 3. The summed E-state index contributed by atoms with van der Waals surface area (Å²) in [7, 11) is 1.36. The van der Waals surface area contributed by atoms with Crippen molar-refractivity contribution in [3.8, 4) is 17.6 Å². The number of benzene rings is 3. The summed E-state index contributed by atoms with van der Waals surface area (Å²) >= 11 is 6.31. The van der Waals surface area contributed by atoms with Crippen LogP contribution < -0.4 is 14.8 Å². The Morgan fingerprint density at radius 3 is 2.46 bits per heavy atom. The molecule has 0 atom stereocenters. The van der Waals surface area contributed by atoms with Crippen LogP contribution in [0.15, 0.2) is 66.2 Å². The van der Waals surface area contributed by atoms with Crippen LogP contribution in [0.5, 0.6) is 11.5 Å². The van der Waals surface area contributed by atoms with Crippen molar-refractivity contribution >= 4 is 29.3 Å². The van der Waals surface area contributed by atoms with E-state index < -0.39 is 28.9 Å². The number of nitriles is 1. The zero-order valence-electron chi connectivity index (χ0n) is 18.1. The number of nitrogens with one attached hydrogen (secondary N) is 1. The highest BCUT2D eigenvalue weighted by molar-refractivity contribution is 6.32. The summed E-state index contributed by atoms with van der Waals surface area (Å²) in [5.41, 5.74) is -1.03. The van der Waals surface area contributed by atoms with Crippen molar-refractivity contribution in [3.63, 3.8) is 0 Å². The fourth-order valence-electron chi connectivity index (χ4n) is 3.04. The molecule has 0 aliphatic carbocycles. The van der Waals surface area contributed by atoms with Crippen LogP contribution in [0.2, 0.25) is 5.02 Å². The molecular formula is C25H17ClF4N2O3. The molecule has 3 aromatic rings. The lowest BCUT2D eigenvalue weighted by atomic mass is 10.1. The first-order valence-electron chi connectivity index (χ1n) is 9.96. The van der Waals surface area contributed by atoms with Crippen molar-refractivity contribution < 1.29 is 31.8 Å². The van der Waals surface area contributed by atoms with Gasteiger partial charge in [0.2, 0.25) is 0 Å². The fraction of sp³-hybridized carbons (Fsp3) is 0.120. The molecule has 0 spiro atoms. The van der Waals surface area contributed by atoms with Gasteiger partial charge in [0.25, 0.3) is 5.91 Å². The Morgan fingerprint density at radius 2 is 1.83 bits per heavy atom. The average molecular weight is 505 g/mol. The molecule has 10 heteroatoms. The molecule has 35 heavy (non-hydrogen) atoms. The zero-order chi connectivity index (χ0) is 25.6. The molecule has 5 nitrogen and oxygen atoms in total. The minimum atomic E-state index is -4.69. The van der Waals surface area contributed by atoms with Crippen LogP contribution in [0, 0.1) is 17.1 Å². The third-order valence-electron chi connectivity index (χ3n) is 4.70. The van der Waals surface area contributed by atoms with E-state index in [-0.39, 0.29) is 34.5 Å². The number of amides is 1. The number of carbonyl (C=O) groups is 1. The van der Waals surface area contributed by atoms with E-state index in [0.717, 1.165) is 18.2 Å². The summed E-state index contributed by atoms with van der Waals surface area (Å²) in [5, 5.41) is 11.6. The van der Waals surface area contributed by atoms with E-state index in [1.54, 1.807) is 18.2 Å². The Labute approximate surface area is 203 Å². The van der Waals surface area contributed by atoms with Gasteiger partial charge in [0, 0.05) is 0 Å². The largest absolute Gasteiger partial charge is 0.493 e. The normalized spacial score (nSPS) is 11.5. The molecule has 0 radical (unpaired) electrons. The van der Waals surface area contributed by atoms with Crippen molar-refractivity contribution in [2.75, 3.05) is 12.4 Å². The van der Waals surface area contributed by atoms with Gasteiger partial charge in [-0.2, -0.15) is 18.4 Å². The molecule has 0 bridgehead atoms. The number of methoxy groups -OCH3 is 1. The number of ether oxygens (including phenoxy) is 2. The van der Waals surface area contributed by atoms with Gasteiger partial charge in [0.1, 0.15) is 24.1 Å². The number of hydrogen-bond acceptors (Lipinski definition) is 4. The van der Waals surface area contributed by atoms with Crippen molar-refractivity contribution in [1.82, 2.24) is 0 Å². The second-order valence-electron chi connectivity index (χ2n) is 7.12. The molecule has 3 rings (SSSR count). The van der Waals surface area contributed by atoms with Gasteiger partial charge in [-0.1, -0.05) is 35.9 Å². The number of anilines is 1. The van der Waals surface area contributed by atoms with Crippen LogP contribution in [0.25, 0.3) is 6.08 Å². The third kappa shape index (κ3) is 6.52. The predicted molar refractivity (Wildman–Crippen MR) is 122 cm³/mol. The Hall–Kier alpha value is -4.03. The summed E-state index contributed by atoms with van der Waals surface area (Å²) in [4.78, 5) is 12.5. The molecule has 0 saturated heterocycles. The second kappa shape index (κ2) is 10.9. The van der Waals surface area contributed by atoms with E-state index in [4.69, 9.17) is 21.1 Å². The molecule has 1 N–H and O–H groups in total. The van der Waals surface area contributed by atoms with Gasteiger partial charge in [0.15, 0.2) is 11.5 Å². The summed E-state index contributed by atoms with van der Waals surface area (Å²) in [6.07, 6.45) is -3.53. The number of carbonyl (C=O) groups excluding carboxylic acids is 1. The highest BCUT2D eigenvalue weighted by Crippen LogP contribution is 2.38. The van der Waals surface area contributed by atoms with E-state index >= 15 is 0 Å². The topological polar surface area (TPSA) is 71.3 Å². The van der Waals surface area contributed by atoms with E-state index in [2.05, 4.69) is 5.32 Å². The minimum Gasteiger partial charge on any atom is -0.493 e. The quantitative estimate of drug-likeness (QED) is 0.223. The standard InChI is InChI=1S/C25H17ClF4N2O3/c1-34-22-12-16(11-20(26)23(22)35-14-15-6-8-18(27)9-7-15)10-17(13-31)24(33)32-21-5-3-2-4-19(21)25(28,29)30/h2-12H,14H2,1H3,(H,32,33). The minimum absolute atomic E-state index is 0.0655. The summed E-state index contributed by atoms with van der Waals surface area (Å²) in [6.45, 7) is 0.0655. The van der Waals surface area contributed by atoms with Gasteiger partial charge in [-0.15, -0.1) is 0 Å². The Kier molecular flexibility index (Phi) is 7.99. The lowest BCUT2D eigenvalue weighted by Gasteiger charge is -2.14. The number of hydrogen-bond donors (Lipinski definition) is 1. The maximum atomic E-state index is 13.2. The maximum Gasteiger partial charge on any atom is 0.418 e. The summed E-state index contributed by atoms with van der Waals surface area (Å²) < 4.78 is 63.6. The molecule has 0 unspecified atom stereocenters. The molecule has 180 valence electrons. The number of rotatable bonds is 7. The molecule has 0 heterocycles. The van der Waals surface area contributed by atoms with Gasteiger partial charge < -0.3 is 14.8 Å². The smallest absolute Gasteiger partial charge is 0.418 e.